The second-order valence-corrected chi connectivity index (χ2v) is 14.8. The second kappa shape index (κ2) is 7.55. The number of aliphatic hydroxyl groups excluding tert-OH is 2. The number of allylic oxidation sites excluding steroid dienone is 2. The molecule has 3 saturated carbocycles. The van der Waals surface area contributed by atoms with E-state index in [0.29, 0.717) is 23.7 Å². The Labute approximate surface area is 207 Å². The third-order valence-corrected chi connectivity index (χ3v) is 12.6. The Morgan fingerprint density at radius 1 is 1.00 bits per heavy atom. The number of hydrogen-bond acceptors (Lipinski definition) is 4. The zero-order chi connectivity index (χ0) is 25.1. The highest BCUT2D eigenvalue weighted by Crippen LogP contribution is 2.73. The van der Waals surface area contributed by atoms with Crippen molar-refractivity contribution in [2.45, 2.75) is 130 Å². The third kappa shape index (κ3) is 3.23. The lowest BCUT2D eigenvalue weighted by Gasteiger charge is -2.64. The second-order valence-electron chi connectivity index (χ2n) is 14.8. The van der Waals surface area contributed by atoms with E-state index < -0.39 is 11.7 Å². The van der Waals surface area contributed by atoms with Crippen molar-refractivity contribution in [3.8, 4) is 0 Å². The van der Waals surface area contributed by atoms with Crippen LogP contribution < -0.4 is 0 Å². The van der Waals surface area contributed by atoms with Crippen molar-refractivity contribution in [3.05, 3.63) is 11.6 Å². The molecule has 0 amide bonds. The molecular weight excluding hydrogens is 424 g/mol. The number of hydrogen-bond donors (Lipinski definition) is 3. The molecule has 0 aromatic heterocycles. The van der Waals surface area contributed by atoms with E-state index in [1.54, 1.807) is 19.4 Å². The fourth-order valence-electron chi connectivity index (χ4n) is 10.0. The molecule has 5 rings (SSSR count). The van der Waals surface area contributed by atoms with Crippen LogP contribution in [0.1, 0.15) is 100 Å². The first-order valence-corrected chi connectivity index (χ1v) is 14.0. The van der Waals surface area contributed by atoms with Crippen LogP contribution in [0.15, 0.2) is 11.6 Å². The minimum atomic E-state index is -1.13. The van der Waals surface area contributed by atoms with Gasteiger partial charge >= 0.3 is 0 Å². The maximum absolute atomic E-state index is 10.8. The van der Waals surface area contributed by atoms with Crippen molar-refractivity contribution in [1.82, 2.24) is 0 Å². The van der Waals surface area contributed by atoms with Gasteiger partial charge in [-0.1, -0.05) is 53.2 Å². The van der Waals surface area contributed by atoms with Crippen LogP contribution in [0.2, 0.25) is 0 Å². The molecule has 0 spiro atoms. The molecule has 4 fully saturated rings. The topological polar surface area (TPSA) is 73.2 Å². The Morgan fingerprint density at radius 2 is 1.68 bits per heavy atom. The van der Waals surface area contributed by atoms with Gasteiger partial charge < -0.3 is 20.1 Å². The lowest BCUT2D eigenvalue weighted by molar-refractivity contribution is -0.131. The van der Waals surface area contributed by atoms with Gasteiger partial charge in [0.15, 0.2) is 0 Å². The monoisotopic (exact) mass is 474 g/mol. The summed E-state index contributed by atoms with van der Waals surface area (Å²) >= 11 is 0. The molecule has 4 aliphatic carbocycles. The van der Waals surface area contributed by atoms with Gasteiger partial charge in [0.2, 0.25) is 0 Å². The summed E-state index contributed by atoms with van der Waals surface area (Å²) in [5.41, 5.74) is 1.29. The lowest BCUT2D eigenvalue weighted by atomic mass is 9.41. The molecule has 194 valence electrons. The Hall–Kier alpha value is -0.420. The maximum atomic E-state index is 10.8. The predicted molar refractivity (Wildman–Crippen MR) is 135 cm³/mol. The molecule has 1 saturated heterocycles. The summed E-state index contributed by atoms with van der Waals surface area (Å²) in [6.45, 7) is 17.9. The molecule has 0 aromatic rings. The molecule has 0 unspecified atom stereocenters. The minimum Gasteiger partial charge on any atom is -0.393 e. The fraction of sp³-hybridized carbons (Fsp3) is 0.933. The van der Waals surface area contributed by atoms with Crippen LogP contribution in [0, 0.1) is 45.3 Å². The van der Waals surface area contributed by atoms with Gasteiger partial charge in [-0.3, -0.25) is 0 Å². The standard InChI is InChI=1S/C30H50O4/c1-17(23-24(34-23)25(32)27(4,5)33)18-11-15-30(8)20-9-10-21-26(2,3)22(31)13-14-28(21,6)19(20)12-16-29(18,30)7/h9,17-19,21-25,31-33H,10-16H2,1-8H3/t17-,18+,19-,21+,22+,23-,24+,25+,28-,29+,30-/m1/s1. The Bertz CT molecular complexity index is 856. The summed E-state index contributed by atoms with van der Waals surface area (Å²) in [5, 5.41) is 31.7. The Balaban J connectivity index is 1.41. The van der Waals surface area contributed by atoms with Crippen LogP contribution in [0.4, 0.5) is 0 Å². The zero-order valence-electron chi connectivity index (χ0n) is 22.9. The van der Waals surface area contributed by atoms with Crippen molar-refractivity contribution in [3.63, 3.8) is 0 Å². The van der Waals surface area contributed by atoms with Crippen LogP contribution in [0.25, 0.3) is 0 Å². The van der Waals surface area contributed by atoms with E-state index in [2.05, 4.69) is 47.6 Å². The van der Waals surface area contributed by atoms with Crippen molar-refractivity contribution in [2.24, 2.45) is 45.3 Å². The maximum Gasteiger partial charge on any atom is 0.113 e. The molecule has 3 N–H and O–H groups in total. The average molecular weight is 475 g/mol. The van der Waals surface area contributed by atoms with Gasteiger partial charge in [0.1, 0.15) is 12.2 Å². The highest BCUT2D eigenvalue weighted by atomic mass is 16.6. The summed E-state index contributed by atoms with van der Waals surface area (Å²) < 4.78 is 6.02. The average Bonchev–Trinajstić information content (AvgIpc) is 3.48. The summed E-state index contributed by atoms with van der Waals surface area (Å²) in [7, 11) is 0. The zero-order valence-corrected chi connectivity index (χ0v) is 22.9. The molecule has 0 aromatic carbocycles. The quantitative estimate of drug-likeness (QED) is 0.372. The highest BCUT2D eigenvalue weighted by molar-refractivity contribution is 5.33. The summed E-state index contributed by atoms with van der Waals surface area (Å²) in [5.74, 6) is 2.12. The molecule has 0 bridgehead atoms. The smallest absolute Gasteiger partial charge is 0.113 e. The molecule has 1 heterocycles. The SMILES string of the molecule is C[C@@H]([C@H]1O[C@@H]1[C@H](O)C(C)(C)O)[C@@H]1CC[C@]2(C)C3=CC[C@H]4C(C)(C)[C@@H](O)CC[C@]4(C)[C@@H]3CC[C@@]12C. The van der Waals surface area contributed by atoms with Crippen molar-refractivity contribution in [1.29, 1.82) is 0 Å². The number of rotatable bonds is 4. The molecule has 34 heavy (non-hydrogen) atoms. The van der Waals surface area contributed by atoms with Crippen molar-refractivity contribution < 1.29 is 20.1 Å². The number of ether oxygens (including phenoxy) is 1. The largest absolute Gasteiger partial charge is 0.393 e. The highest BCUT2D eigenvalue weighted by Gasteiger charge is 2.67. The van der Waals surface area contributed by atoms with Gasteiger partial charge in [-0.05, 0) is 104 Å². The van der Waals surface area contributed by atoms with Crippen LogP contribution in [-0.2, 0) is 4.74 Å². The van der Waals surface area contributed by atoms with Gasteiger partial charge in [-0.25, -0.2) is 0 Å². The molecule has 11 atom stereocenters. The fourth-order valence-corrected chi connectivity index (χ4v) is 10.0. The molecular formula is C30H50O4. The number of fused-ring (bicyclic) bond motifs is 5. The van der Waals surface area contributed by atoms with Crippen LogP contribution >= 0.6 is 0 Å². The third-order valence-electron chi connectivity index (χ3n) is 12.6. The number of aliphatic hydroxyl groups is 3. The van der Waals surface area contributed by atoms with Crippen LogP contribution in [0.5, 0.6) is 0 Å². The van der Waals surface area contributed by atoms with Crippen molar-refractivity contribution >= 4 is 0 Å². The van der Waals surface area contributed by atoms with E-state index in [4.69, 9.17) is 4.74 Å². The van der Waals surface area contributed by atoms with Gasteiger partial charge in [0, 0.05) is 0 Å². The molecule has 0 radical (unpaired) electrons. The van der Waals surface area contributed by atoms with E-state index in [9.17, 15) is 15.3 Å². The Kier molecular flexibility index (Phi) is 5.61. The first-order chi connectivity index (χ1) is 15.6. The van der Waals surface area contributed by atoms with Crippen molar-refractivity contribution in [2.75, 3.05) is 0 Å². The van der Waals surface area contributed by atoms with E-state index in [1.165, 1.54) is 25.7 Å². The van der Waals surface area contributed by atoms with Gasteiger partial charge in [0.05, 0.1) is 17.8 Å². The van der Waals surface area contributed by atoms with E-state index in [-0.39, 0.29) is 40.0 Å². The molecule has 4 heteroatoms. The van der Waals surface area contributed by atoms with Crippen LogP contribution in [0.3, 0.4) is 0 Å². The van der Waals surface area contributed by atoms with Gasteiger partial charge in [0.25, 0.3) is 0 Å². The minimum absolute atomic E-state index is 0.0247. The van der Waals surface area contributed by atoms with Gasteiger partial charge in [-0.15, -0.1) is 0 Å². The predicted octanol–water partition coefficient (Wildman–Crippen LogP) is 5.49. The normalized spacial score (nSPS) is 51.6. The first-order valence-electron chi connectivity index (χ1n) is 14.0. The molecule has 4 nitrogen and oxygen atoms in total. The van der Waals surface area contributed by atoms with E-state index >= 15 is 0 Å². The number of epoxide rings is 1. The van der Waals surface area contributed by atoms with E-state index in [0.717, 1.165) is 19.3 Å². The molecule has 1 aliphatic heterocycles. The van der Waals surface area contributed by atoms with Crippen LogP contribution in [-0.4, -0.2) is 45.3 Å². The van der Waals surface area contributed by atoms with E-state index in [1.807, 2.05) is 0 Å². The summed E-state index contributed by atoms with van der Waals surface area (Å²) in [6, 6.07) is 0. The summed E-state index contributed by atoms with van der Waals surface area (Å²) in [6.07, 6.45) is 9.53. The first kappa shape index (κ1) is 25.2. The Morgan fingerprint density at radius 3 is 2.32 bits per heavy atom. The van der Waals surface area contributed by atoms with Gasteiger partial charge in [-0.2, -0.15) is 0 Å². The molecule has 5 aliphatic rings. The lowest BCUT2D eigenvalue weighted by Crippen LogP contribution is -2.58. The summed E-state index contributed by atoms with van der Waals surface area (Å²) in [4.78, 5) is 0.